The van der Waals surface area contributed by atoms with E-state index in [1.54, 1.807) is 27.7 Å². The van der Waals surface area contributed by atoms with E-state index >= 15 is 0 Å². The fourth-order valence-electron chi connectivity index (χ4n) is 14.0. The molecular formula is C60H34KLiO16. The molecule has 0 bridgehead atoms. The average molecular weight is 1060 g/mol. The Hall–Kier alpha value is -8.25. The standard InChI is InChI=1S/2C30H16O8.K.Li.2H/c2*1-7-3-9(31)19-23-15(7)16-8(2)4-10(32)20-24(16)28-26-18(12(34)6-14(36)22(26)30(20)38)17-11(33)5-13(35)21(29(19)37)25(17)27(23)28;;;;/h2*3-6,31-36H,1-2H3;;;;. The molecule has 0 amide bonds. The molecule has 0 heterocycles. The number of aryl methyl sites for hydroxylation is 4. The Balaban J connectivity index is 0.000000145. The van der Waals surface area contributed by atoms with Crippen LogP contribution in [0.1, 0.15) is 22.3 Å². The molecule has 16 nitrogen and oxygen atoms in total. The summed E-state index contributed by atoms with van der Waals surface area (Å²) in [5, 5.41) is 137. The van der Waals surface area contributed by atoms with Crippen molar-refractivity contribution in [1.29, 1.82) is 0 Å². The van der Waals surface area contributed by atoms with E-state index in [0.29, 0.717) is 86.9 Å². The minimum atomic E-state index is -0.661. The number of aromatic hydroxyl groups is 12. The van der Waals surface area contributed by atoms with Gasteiger partial charge in [-0.25, -0.2) is 0 Å². The number of hydrogen-bond donors (Lipinski definition) is 12. The molecule has 0 saturated carbocycles. The van der Waals surface area contributed by atoms with Crippen molar-refractivity contribution in [2.24, 2.45) is 0 Å². The van der Waals surface area contributed by atoms with E-state index in [9.17, 15) is 80.5 Å². The minimum absolute atomic E-state index is 0. The first-order valence-corrected chi connectivity index (χ1v) is 23.6. The van der Waals surface area contributed by atoms with Crippen LogP contribution in [0.5, 0.6) is 69.0 Å². The van der Waals surface area contributed by atoms with Crippen LogP contribution in [0.2, 0.25) is 0 Å². The molecule has 16 aromatic carbocycles. The molecule has 0 aliphatic heterocycles. The molecule has 0 aliphatic rings. The van der Waals surface area contributed by atoms with Gasteiger partial charge in [0, 0.05) is 110 Å². The maximum absolute atomic E-state index is 13.9. The maximum atomic E-state index is 13.9. The van der Waals surface area contributed by atoms with Crippen molar-refractivity contribution < 1.29 is 61.3 Å². The zero-order valence-electron chi connectivity index (χ0n) is 39.6. The van der Waals surface area contributed by atoms with Crippen LogP contribution in [0, 0.1) is 27.7 Å². The van der Waals surface area contributed by atoms with E-state index in [4.69, 9.17) is 0 Å². The van der Waals surface area contributed by atoms with Crippen molar-refractivity contribution in [2.45, 2.75) is 27.7 Å². The second-order valence-electron chi connectivity index (χ2n) is 20.3. The van der Waals surface area contributed by atoms with E-state index in [2.05, 4.69) is 0 Å². The fraction of sp³-hybridized carbons (Fsp3) is 0.0667. The third-order valence-electron chi connectivity index (χ3n) is 16.5. The van der Waals surface area contributed by atoms with Gasteiger partial charge in [-0.2, -0.15) is 0 Å². The van der Waals surface area contributed by atoms with Crippen molar-refractivity contribution in [3.05, 3.63) is 112 Å². The predicted molar refractivity (Wildman–Crippen MR) is 306 cm³/mol. The predicted octanol–water partition coefficient (Wildman–Crippen LogP) is 8.87. The van der Waals surface area contributed by atoms with Crippen molar-refractivity contribution in [2.75, 3.05) is 0 Å². The SMILES string of the molecule is Cc1cc(O)c2c(=O)c3c(O)cc(O)c4c5c(O)cc(O)c6c(=O)c7c(O)cc(C)c8c1c2c(c34)c(c78)c65.Cc1cc(O)c2c(=O)c3c(O)cc(O)c4c5c(O)cc(O)c6c(=O)c7c(O)cc(C)c8c1c2c(c34)c(c78)c65.[KH].[LiH]. The molecule has 0 saturated heterocycles. The van der Waals surface area contributed by atoms with Crippen LogP contribution in [0.3, 0.4) is 0 Å². The van der Waals surface area contributed by atoms with Gasteiger partial charge in [0.1, 0.15) is 69.0 Å². The summed E-state index contributed by atoms with van der Waals surface area (Å²) in [5.74, 6) is -5.01. The Kier molecular flexibility index (Phi) is 9.66. The van der Waals surface area contributed by atoms with Crippen LogP contribution in [0.15, 0.2) is 67.7 Å². The van der Waals surface area contributed by atoms with E-state index < -0.39 is 67.7 Å². The van der Waals surface area contributed by atoms with Crippen molar-refractivity contribution in [3.8, 4) is 69.0 Å². The van der Waals surface area contributed by atoms with Gasteiger partial charge in [0.2, 0.25) is 21.7 Å². The molecule has 78 heavy (non-hydrogen) atoms. The van der Waals surface area contributed by atoms with Crippen LogP contribution in [-0.2, 0) is 0 Å². The molecular weight excluding hydrogens is 1020 g/mol. The fourth-order valence-corrected chi connectivity index (χ4v) is 14.0. The number of phenols is 12. The molecule has 0 unspecified atom stereocenters. The van der Waals surface area contributed by atoms with E-state index in [1.165, 1.54) is 24.3 Å². The van der Waals surface area contributed by atoms with Crippen LogP contribution < -0.4 is 21.7 Å². The average Bonchev–Trinajstić information content (AvgIpc) is 1.53. The number of benzene rings is 16. The van der Waals surface area contributed by atoms with Gasteiger partial charge in [0.15, 0.2) is 0 Å². The van der Waals surface area contributed by atoms with Crippen molar-refractivity contribution >= 4 is 221 Å². The summed E-state index contributed by atoms with van der Waals surface area (Å²) in [4.78, 5) is 55.6. The van der Waals surface area contributed by atoms with Crippen LogP contribution in [0.4, 0.5) is 0 Å². The summed E-state index contributed by atoms with van der Waals surface area (Å²) in [6, 6.07) is 9.72. The zero-order valence-corrected chi connectivity index (χ0v) is 39.6. The summed E-state index contributed by atoms with van der Waals surface area (Å²) in [5.41, 5.74) is -0.224. The molecule has 0 spiro atoms. The summed E-state index contributed by atoms with van der Waals surface area (Å²) < 4.78 is 0. The molecule has 12 N–H and O–H groups in total. The third kappa shape index (κ3) is 5.25. The molecule has 18 heteroatoms. The van der Waals surface area contributed by atoms with E-state index in [1.807, 2.05) is 0 Å². The normalized spacial score (nSPS) is 12.5. The summed E-state index contributed by atoms with van der Waals surface area (Å²) in [7, 11) is 0. The first kappa shape index (κ1) is 49.3. The molecule has 0 aliphatic carbocycles. The third-order valence-corrected chi connectivity index (χ3v) is 16.5. The van der Waals surface area contributed by atoms with Gasteiger partial charge >= 0.3 is 70.2 Å². The number of phenolic OH excluding ortho intramolecular Hbond substituents is 12. The molecule has 0 aromatic heterocycles. The Morgan fingerprint density at radius 1 is 0.192 bits per heavy atom. The van der Waals surface area contributed by atoms with Gasteiger partial charge in [0.25, 0.3) is 0 Å². The van der Waals surface area contributed by atoms with Crippen molar-refractivity contribution in [1.82, 2.24) is 0 Å². The van der Waals surface area contributed by atoms with Crippen LogP contribution in [0.25, 0.3) is 151 Å². The monoisotopic (exact) mass is 1060 g/mol. The number of rotatable bonds is 0. The van der Waals surface area contributed by atoms with Crippen LogP contribution >= 0.6 is 0 Å². The Morgan fingerprint density at radius 3 is 0.474 bits per heavy atom. The molecule has 16 aromatic rings. The zero-order chi connectivity index (χ0) is 53.4. The van der Waals surface area contributed by atoms with Crippen LogP contribution in [-0.4, -0.2) is 132 Å². The van der Waals surface area contributed by atoms with Gasteiger partial charge in [-0.1, -0.05) is 0 Å². The van der Waals surface area contributed by atoms with Gasteiger partial charge < -0.3 is 61.3 Å². The van der Waals surface area contributed by atoms with E-state index in [-0.39, 0.29) is 179 Å². The molecule has 0 radical (unpaired) electrons. The van der Waals surface area contributed by atoms with Gasteiger partial charge in [0.05, 0.1) is 43.1 Å². The van der Waals surface area contributed by atoms with Crippen molar-refractivity contribution in [3.63, 3.8) is 0 Å². The first-order valence-electron chi connectivity index (χ1n) is 23.6. The first-order chi connectivity index (χ1) is 36.1. The second kappa shape index (κ2) is 15.3. The Bertz CT molecular complexity index is 4710. The Labute approximate surface area is 486 Å². The van der Waals surface area contributed by atoms with Gasteiger partial charge in [-0.3, -0.25) is 19.2 Å². The summed E-state index contributed by atoms with van der Waals surface area (Å²) >= 11 is 0. The summed E-state index contributed by atoms with van der Waals surface area (Å²) in [6.45, 7) is 7.02. The number of fused-ring (bicyclic) bond motifs is 4. The quantitative estimate of drug-likeness (QED) is 0.0383. The molecule has 0 atom stereocenters. The molecule has 372 valence electrons. The number of hydrogen-bond acceptors (Lipinski definition) is 16. The topological polar surface area (TPSA) is 311 Å². The van der Waals surface area contributed by atoms with Gasteiger partial charge in [-0.05, 0) is 95.8 Å². The second-order valence-corrected chi connectivity index (χ2v) is 20.3. The molecule has 16 rings (SSSR count). The Morgan fingerprint density at radius 2 is 0.308 bits per heavy atom. The van der Waals surface area contributed by atoms with Gasteiger partial charge in [-0.15, -0.1) is 0 Å². The van der Waals surface area contributed by atoms with E-state index in [0.717, 1.165) is 24.3 Å². The summed E-state index contributed by atoms with van der Waals surface area (Å²) in [6.07, 6.45) is 0. The molecule has 0 fully saturated rings.